The van der Waals surface area contributed by atoms with Crippen molar-refractivity contribution < 1.29 is 4.79 Å². The number of carbonyl (C=O) groups excluding carboxylic acids is 1. The largest absolute Gasteiger partial charge is 0.346 e. The molecular formula is C13H22N2O. The van der Waals surface area contributed by atoms with Crippen LogP contribution < -0.4 is 5.32 Å². The van der Waals surface area contributed by atoms with Crippen molar-refractivity contribution in [1.82, 2.24) is 10.3 Å². The first-order valence-electron chi connectivity index (χ1n) is 5.79. The maximum atomic E-state index is 11.3. The first-order valence-corrected chi connectivity index (χ1v) is 5.79. The molecule has 0 fully saturated rings. The molecule has 0 aliphatic carbocycles. The van der Waals surface area contributed by atoms with E-state index in [-0.39, 0.29) is 5.91 Å². The number of hydrogen-bond donors (Lipinski definition) is 1. The van der Waals surface area contributed by atoms with Gasteiger partial charge in [0.15, 0.2) is 0 Å². The second kappa shape index (κ2) is 6.99. The van der Waals surface area contributed by atoms with Crippen LogP contribution in [0.1, 0.15) is 46.7 Å². The van der Waals surface area contributed by atoms with Gasteiger partial charge >= 0.3 is 0 Å². The fourth-order valence-electron chi connectivity index (χ4n) is 1.23. The molecule has 0 aromatic carbocycles. The maximum Gasteiger partial charge on any atom is 0.220 e. The van der Waals surface area contributed by atoms with Crippen molar-refractivity contribution >= 4 is 5.91 Å². The minimum Gasteiger partial charge on any atom is -0.346 e. The highest BCUT2D eigenvalue weighted by atomic mass is 16.1. The van der Waals surface area contributed by atoms with E-state index in [1.165, 1.54) is 0 Å². The third kappa shape index (κ3) is 4.43. The third-order valence-electron chi connectivity index (χ3n) is 2.08. The molecule has 90 valence electrons. The van der Waals surface area contributed by atoms with Gasteiger partial charge in [-0.25, -0.2) is 0 Å². The predicted molar refractivity (Wildman–Crippen MR) is 67.0 cm³/mol. The van der Waals surface area contributed by atoms with Crippen molar-refractivity contribution in [3.05, 3.63) is 30.1 Å². The van der Waals surface area contributed by atoms with Crippen LogP contribution in [0.15, 0.2) is 24.4 Å². The molecule has 0 saturated heterocycles. The molecular weight excluding hydrogens is 200 g/mol. The van der Waals surface area contributed by atoms with Gasteiger partial charge in [-0.2, -0.15) is 0 Å². The van der Waals surface area contributed by atoms with Crippen molar-refractivity contribution in [2.75, 3.05) is 0 Å². The normalized spacial score (nSPS) is 10.1. The van der Waals surface area contributed by atoms with Crippen LogP contribution in [0.3, 0.4) is 0 Å². The Balaban J connectivity index is 0.00000106. The Bertz CT molecular complexity index is 307. The summed E-state index contributed by atoms with van der Waals surface area (Å²) in [6.45, 7) is 9.73. The first-order chi connectivity index (χ1) is 7.56. The minimum absolute atomic E-state index is 0.0423. The van der Waals surface area contributed by atoms with Gasteiger partial charge in [0.25, 0.3) is 0 Å². The molecule has 1 aromatic heterocycles. The molecule has 1 heterocycles. The summed E-state index contributed by atoms with van der Waals surface area (Å²) in [5.74, 6) is 0.0423. The van der Waals surface area contributed by atoms with Crippen molar-refractivity contribution in [1.29, 1.82) is 0 Å². The average Bonchev–Trinajstić information content (AvgIpc) is 2.32. The van der Waals surface area contributed by atoms with E-state index in [1.54, 1.807) is 6.20 Å². The Kier molecular flexibility index (Phi) is 6.38. The van der Waals surface area contributed by atoms with E-state index < -0.39 is 5.54 Å². The smallest absolute Gasteiger partial charge is 0.220 e. The van der Waals surface area contributed by atoms with Crippen LogP contribution in [0.5, 0.6) is 0 Å². The van der Waals surface area contributed by atoms with Crippen LogP contribution in [-0.2, 0) is 10.3 Å². The lowest BCUT2D eigenvalue weighted by Crippen LogP contribution is -2.41. The van der Waals surface area contributed by atoms with Crippen LogP contribution in [0, 0.1) is 0 Å². The van der Waals surface area contributed by atoms with Crippen LogP contribution in [0.25, 0.3) is 0 Å². The fraction of sp³-hybridized carbons (Fsp3) is 0.538. The lowest BCUT2D eigenvalue weighted by molar-refractivity contribution is -0.122. The zero-order chi connectivity index (χ0) is 12.6. The molecule has 1 N–H and O–H groups in total. The summed E-state index contributed by atoms with van der Waals surface area (Å²) in [4.78, 5) is 15.5. The maximum absolute atomic E-state index is 11.3. The Labute approximate surface area is 98.3 Å². The number of nitrogens with one attached hydrogen (secondary N) is 1. The van der Waals surface area contributed by atoms with Gasteiger partial charge in [-0.15, -0.1) is 0 Å². The van der Waals surface area contributed by atoms with Crippen LogP contribution >= 0.6 is 0 Å². The van der Waals surface area contributed by atoms with Gasteiger partial charge in [-0.3, -0.25) is 9.78 Å². The molecule has 16 heavy (non-hydrogen) atoms. The highest BCUT2D eigenvalue weighted by Gasteiger charge is 2.22. The Hall–Kier alpha value is -1.38. The molecule has 0 radical (unpaired) electrons. The highest BCUT2D eigenvalue weighted by Crippen LogP contribution is 2.16. The summed E-state index contributed by atoms with van der Waals surface area (Å²) < 4.78 is 0. The predicted octanol–water partition coefficient (Wildman–Crippen LogP) is 2.87. The van der Waals surface area contributed by atoms with Gasteiger partial charge in [0.1, 0.15) is 0 Å². The molecule has 0 saturated carbocycles. The van der Waals surface area contributed by atoms with E-state index in [1.807, 2.05) is 52.8 Å². The molecule has 1 rings (SSSR count). The molecule has 0 aliphatic heterocycles. The monoisotopic (exact) mass is 222 g/mol. The second-order valence-electron chi connectivity index (χ2n) is 3.74. The molecule has 1 amide bonds. The molecule has 1 aromatic rings. The summed E-state index contributed by atoms with van der Waals surface area (Å²) in [7, 11) is 0. The zero-order valence-electron chi connectivity index (χ0n) is 10.9. The zero-order valence-corrected chi connectivity index (χ0v) is 10.9. The van der Waals surface area contributed by atoms with Crippen molar-refractivity contribution in [2.24, 2.45) is 0 Å². The van der Waals surface area contributed by atoms with Gasteiger partial charge in [0.05, 0.1) is 11.2 Å². The molecule has 0 bridgehead atoms. The summed E-state index contributed by atoms with van der Waals surface area (Å²) in [6.07, 6.45) is 2.23. The van der Waals surface area contributed by atoms with Crippen LogP contribution in [-0.4, -0.2) is 10.9 Å². The molecule has 3 heteroatoms. The van der Waals surface area contributed by atoms with E-state index in [0.29, 0.717) is 6.42 Å². The molecule has 0 aliphatic rings. The number of hydrogen-bond acceptors (Lipinski definition) is 2. The van der Waals surface area contributed by atoms with Crippen molar-refractivity contribution in [3.63, 3.8) is 0 Å². The summed E-state index contributed by atoms with van der Waals surface area (Å²) >= 11 is 0. The van der Waals surface area contributed by atoms with Gasteiger partial charge in [0.2, 0.25) is 5.91 Å². The lowest BCUT2D eigenvalue weighted by atomic mass is 10.00. The van der Waals surface area contributed by atoms with E-state index in [2.05, 4.69) is 10.3 Å². The van der Waals surface area contributed by atoms with E-state index in [4.69, 9.17) is 0 Å². The number of carbonyl (C=O) groups is 1. The highest BCUT2D eigenvalue weighted by molar-refractivity contribution is 5.76. The number of amides is 1. The van der Waals surface area contributed by atoms with Crippen LogP contribution in [0.4, 0.5) is 0 Å². The Morgan fingerprint density at radius 1 is 1.38 bits per heavy atom. The number of rotatable bonds is 3. The van der Waals surface area contributed by atoms with Crippen molar-refractivity contribution in [2.45, 2.75) is 46.6 Å². The molecule has 0 atom stereocenters. The average molecular weight is 222 g/mol. The molecule has 0 spiro atoms. The van der Waals surface area contributed by atoms with Gasteiger partial charge in [-0.1, -0.05) is 26.8 Å². The van der Waals surface area contributed by atoms with Gasteiger partial charge in [-0.05, 0) is 26.0 Å². The summed E-state index contributed by atoms with van der Waals surface area (Å²) in [5, 5.41) is 2.92. The quantitative estimate of drug-likeness (QED) is 0.854. The number of pyridine rings is 1. The standard InChI is InChI=1S/C11H16N2O.C2H6/c1-4-10(14)13-11(2,3)9-7-5-6-8-12-9;1-2/h5-8H,4H2,1-3H3,(H,13,14);1-2H3. The Morgan fingerprint density at radius 2 is 2.00 bits per heavy atom. The SMILES string of the molecule is CC.CCC(=O)NC(C)(C)c1ccccn1. The second-order valence-corrected chi connectivity index (χ2v) is 3.74. The van der Waals surface area contributed by atoms with Crippen LogP contribution in [0.2, 0.25) is 0 Å². The topological polar surface area (TPSA) is 42.0 Å². The van der Waals surface area contributed by atoms with Crippen molar-refractivity contribution in [3.8, 4) is 0 Å². The number of aromatic nitrogens is 1. The first kappa shape index (κ1) is 14.6. The lowest BCUT2D eigenvalue weighted by Gasteiger charge is -2.25. The van der Waals surface area contributed by atoms with E-state index in [9.17, 15) is 4.79 Å². The number of nitrogens with zero attached hydrogens (tertiary/aromatic N) is 1. The molecule has 0 unspecified atom stereocenters. The summed E-state index contributed by atoms with van der Waals surface area (Å²) in [5.41, 5.74) is 0.482. The van der Waals surface area contributed by atoms with Gasteiger partial charge < -0.3 is 5.32 Å². The third-order valence-corrected chi connectivity index (χ3v) is 2.08. The van der Waals surface area contributed by atoms with E-state index in [0.717, 1.165) is 5.69 Å². The van der Waals surface area contributed by atoms with E-state index >= 15 is 0 Å². The van der Waals surface area contributed by atoms with Gasteiger partial charge in [0, 0.05) is 12.6 Å². The minimum atomic E-state index is -0.394. The fourth-order valence-corrected chi connectivity index (χ4v) is 1.23. The Morgan fingerprint density at radius 3 is 2.44 bits per heavy atom. The summed E-state index contributed by atoms with van der Waals surface area (Å²) in [6, 6.07) is 5.69. The molecule has 3 nitrogen and oxygen atoms in total.